The molecule has 4 atom stereocenters. The van der Waals surface area contributed by atoms with Gasteiger partial charge < -0.3 is 38.0 Å². The van der Waals surface area contributed by atoms with Gasteiger partial charge in [-0.15, -0.1) is 0 Å². The summed E-state index contributed by atoms with van der Waals surface area (Å²) in [7, 11) is 4.02. The fraction of sp³-hybridized carbons (Fsp3) is 0.394. The van der Waals surface area contributed by atoms with Gasteiger partial charge in [0.25, 0.3) is 0 Å². The van der Waals surface area contributed by atoms with Crippen LogP contribution in [0, 0.1) is 43.3 Å². The first-order valence-electron chi connectivity index (χ1n) is 28.5. The zero-order valence-corrected chi connectivity index (χ0v) is 46.2. The standard InChI is InChI=1S/C33H35FN4O2.C33H36N4O2/c1-20-30(37(3)19-36-20)23-17-27-29(35-18-23)25-11-12-26(33(2,39)24-9-10-24)28(34)32(25)38(27)31(21-7-5-4-6-8-21)22-13-15-40-16-14-22;1-21-31(36(3)20-35-21)24-17-29-30(34-19-24)27-12-11-26(33(2,38)25-9-10-25)18-28(27)37(29)32(22-7-5-4-6-8-22)23-13-15-39-16-14-23/h4-8,11-12,17-19,22,24,31,39H,9-10,13-16H2,1-3H3;4-8,11-12,17-20,23,25,32,38H,9-10,13-16H2,1-3H3/t31-,33+;32-,33-/m11/s1. The molecule has 406 valence electrons. The highest BCUT2D eigenvalue weighted by Crippen LogP contribution is 2.50. The summed E-state index contributed by atoms with van der Waals surface area (Å²) in [5.74, 6) is 0.735. The molecule has 4 aromatic carbocycles. The lowest BCUT2D eigenvalue weighted by Crippen LogP contribution is -2.28. The van der Waals surface area contributed by atoms with E-state index in [1.54, 1.807) is 13.0 Å². The molecule has 2 aliphatic heterocycles. The maximum absolute atomic E-state index is 16.9. The topological polar surface area (TPSA) is 130 Å². The van der Waals surface area contributed by atoms with Crippen molar-refractivity contribution in [1.82, 2.24) is 38.2 Å². The molecule has 10 aromatic rings. The molecule has 6 aromatic heterocycles. The summed E-state index contributed by atoms with van der Waals surface area (Å²) in [5.41, 5.74) is 13.1. The lowest BCUT2D eigenvalue weighted by Gasteiger charge is -2.33. The number of hydrogen-bond acceptors (Lipinski definition) is 8. The van der Waals surface area contributed by atoms with Gasteiger partial charge in [-0.3, -0.25) is 9.97 Å². The molecule has 12 nitrogen and oxygen atoms in total. The molecular weight excluding hydrogens is 988 g/mol. The number of pyridine rings is 2. The van der Waals surface area contributed by atoms with Gasteiger partial charge in [-0.25, -0.2) is 14.4 Å². The van der Waals surface area contributed by atoms with Crippen molar-refractivity contribution in [3.8, 4) is 22.5 Å². The first-order valence-corrected chi connectivity index (χ1v) is 28.5. The Bertz CT molecular complexity index is 3830. The second-order valence-electron chi connectivity index (χ2n) is 23.5. The highest BCUT2D eigenvalue weighted by atomic mass is 19.1. The van der Waals surface area contributed by atoms with E-state index in [9.17, 15) is 10.2 Å². The Morgan fingerprint density at radius 3 is 1.51 bits per heavy atom. The van der Waals surface area contributed by atoms with E-state index in [2.05, 4.69) is 116 Å². The van der Waals surface area contributed by atoms with Crippen LogP contribution in [0.3, 0.4) is 0 Å². The Morgan fingerprint density at radius 1 is 0.544 bits per heavy atom. The van der Waals surface area contributed by atoms with E-state index in [0.717, 1.165) is 148 Å². The Morgan fingerprint density at radius 2 is 1.01 bits per heavy atom. The van der Waals surface area contributed by atoms with Crippen molar-refractivity contribution in [2.45, 2.75) is 102 Å². The summed E-state index contributed by atoms with van der Waals surface area (Å²) >= 11 is 0. The lowest BCUT2D eigenvalue weighted by atomic mass is 9.86. The molecule has 79 heavy (non-hydrogen) atoms. The lowest BCUT2D eigenvalue weighted by molar-refractivity contribution is 0.0296. The Kier molecular flexibility index (Phi) is 13.2. The molecule has 4 fully saturated rings. The van der Waals surface area contributed by atoms with Gasteiger partial charge in [0, 0.05) is 80.4 Å². The van der Waals surface area contributed by atoms with Crippen LogP contribution in [-0.2, 0) is 34.8 Å². The number of ether oxygens (including phenoxy) is 2. The molecule has 13 heteroatoms. The van der Waals surface area contributed by atoms with Crippen LogP contribution in [-0.4, -0.2) is 74.8 Å². The highest BCUT2D eigenvalue weighted by Gasteiger charge is 2.45. The van der Waals surface area contributed by atoms with Crippen molar-refractivity contribution in [3.05, 3.63) is 168 Å². The Labute approximate surface area is 460 Å². The number of aromatic nitrogens is 8. The van der Waals surface area contributed by atoms with Gasteiger partial charge in [-0.1, -0.05) is 84.9 Å². The number of hydrogen-bond donors (Lipinski definition) is 2. The second kappa shape index (κ2) is 20.3. The van der Waals surface area contributed by atoms with E-state index in [1.165, 1.54) is 5.56 Å². The number of rotatable bonds is 12. The molecule has 2 saturated heterocycles. The molecule has 0 amide bonds. The molecule has 2 aliphatic carbocycles. The van der Waals surface area contributed by atoms with Crippen molar-refractivity contribution < 1.29 is 24.1 Å². The number of fused-ring (bicyclic) bond motifs is 6. The molecule has 0 unspecified atom stereocenters. The summed E-state index contributed by atoms with van der Waals surface area (Å²) in [6.45, 7) is 10.7. The monoisotopic (exact) mass is 1060 g/mol. The van der Waals surface area contributed by atoms with Crippen LogP contribution in [0.1, 0.15) is 111 Å². The minimum Gasteiger partial charge on any atom is -0.385 e. The largest absolute Gasteiger partial charge is 0.385 e. The average molecular weight is 1060 g/mol. The molecule has 0 spiro atoms. The van der Waals surface area contributed by atoms with Crippen molar-refractivity contribution in [2.24, 2.45) is 37.8 Å². The van der Waals surface area contributed by atoms with Crippen LogP contribution >= 0.6 is 0 Å². The second-order valence-corrected chi connectivity index (χ2v) is 23.5. The molecule has 2 N–H and O–H groups in total. The first kappa shape index (κ1) is 51.4. The zero-order chi connectivity index (χ0) is 54.3. The number of nitrogens with zero attached hydrogens (tertiary/aromatic N) is 8. The smallest absolute Gasteiger partial charge is 0.153 e. The normalized spacial score (nSPS) is 18.9. The number of aliphatic hydroxyl groups is 2. The maximum Gasteiger partial charge on any atom is 0.153 e. The van der Waals surface area contributed by atoms with E-state index in [-0.39, 0.29) is 29.7 Å². The molecule has 4 aliphatic rings. The van der Waals surface area contributed by atoms with E-state index < -0.39 is 11.2 Å². The minimum absolute atomic E-state index is 0.0789. The van der Waals surface area contributed by atoms with Crippen LogP contribution < -0.4 is 0 Å². The molecule has 8 heterocycles. The van der Waals surface area contributed by atoms with Gasteiger partial charge in [0.15, 0.2) is 5.82 Å². The quantitative estimate of drug-likeness (QED) is 0.124. The van der Waals surface area contributed by atoms with Gasteiger partial charge in [-0.2, -0.15) is 0 Å². The fourth-order valence-electron chi connectivity index (χ4n) is 13.7. The van der Waals surface area contributed by atoms with Gasteiger partial charge in [0.05, 0.1) is 91.8 Å². The van der Waals surface area contributed by atoms with Crippen molar-refractivity contribution in [1.29, 1.82) is 0 Å². The SMILES string of the molecule is Cc1ncn(C)c1-c1cnc2c3ccc([C@@](C)(O)C4CC4)c(F)c3n([C@H](c3ccccc3)C3CCOCC3)c2c1.Cc1ncn(C)c1-c1cnc2c3ccc([C@](C)(O)C4CC4)cc3n([C@H](c3ccccc3)C3CCOCC3)c2c1. The highest BCUT2D eigenvalue weighted by molar-refractivity contribution is 6.08. The van der Waals surface area contributed by atoms with Crippen LogP contribution in [0.25, 0.3) is 66.4 Å². The Hall–Kier alpha value is -7.03. The summed E-state index contributed by atoms with van der Waals surface area (Å²) in [6, 6.07) is 36.0. The maximum atomic E-state index is 16.9. The third-order valence-electron chi connectivity index (χ3n) is 18.3. The molecule has 0 radical (unpaired) electrons. The molecule has 0 bridgehead atoms. The van der Waals surface area contributed by atoms with Gasteiger partial charge in [0.2, 0.25) is 0 Å². The van der Waals surface area contributed by atoms with Crippen LogP contribution in [0.15, 0.2) is 128 Å². The van der Waals surface area contributed by atoms with Gasteiger partial charge >= 0.3 is 0 Å². The van der Waals surface area contributed by atoms with Crippen molar-refractivity contribution >= 4 is 43.9 Å². The van der Waals surface area contributed by atoms with Crippen molar-refractivity contribution in [2.75, 3.05) is 26.4 Å². The van der Waals surface area contributed by atoms with Crippen molar-refractivity contribution in [3.63, 3.8) is 0 Å². The van der Waals surface area contributed by atoms with Gasteiger partial charge in [-0.05, 0) is 138 Å². The summed E-state index contributed by atoms with van der Waals surface area (Å²) in [4.78, 5) is 19.1. The average Bonchev–Trinajstić information content (AvgIpc) is 4.34. The van der Waals surface area contributed by atoms with E-state index in [1.807, 2.05) is 69.7 Å². The number of aryl methyl sites for hydroxylation is 4. The Balaban J connectivity index is 0.000000150. The molecular formula is C66H71FN8O4. The first-order chi connectivity index (χ1) is 38.3. The zero-order valence-electron chi connectivity index (χ0n) is 46.2. The number of benzene rings is 4. The van der Waals surface area contributed by atoms with Gasteiger partial charge in [0.1, 0.15) is 0 Å². The van der Waals surface area contributed by atoms with E-state index in [4.69, 9.17) is 19.4 Å². The number of imidazole rings is 2. The molecule has 2 saturated carbocycles. The third kappa shape index (κ3) is 9.07. The fourth-order valence-corrected chi connectivity index (χ4v) is 13.7. The summed E-state index contributed by atoms with van der Waals surface area (Å²) < 4.78 is 37.3. The van der Waals surface area contributed by atoms with E-state index in [0.29, 0.717) is 36.1 Å². The van der Waals surface area contributed by atoms with Crippen LogP contribution in [0.2, 0.25) is 0 Å². The predicted octanol–water partition coefficient (Wildman–Crippen LogP) is 13.2. The van der Waals surface area contributed by atoms with Crippen LogP contribution in [0.5, 0.6) is 0 Å². The summed E-state index contributed by atoms with van der Waals surface area (Å²) in [5, 5.41) is 24.9. The number of halogens is 1. The van der Waals surface area contributed by atoms with E-state index >= 15 is 4.39 Å². The molecule has 14 rings (SSSR count). The third-order valence-corrected chi connectivity index (χ3v) is 18.3. The predicted molar refractivity (Wildman–Crippen MR) is 309 cm³/mol. The minimum atomic E-state index is -1.22. The van der Waals surface area contributed by atoms with Crippen LogP contribution in [0.4, 0.5) is 4.39 Å². The summed E-state index contributed by atoms with van der Waals surface area (Å²) in [6.07, 6.45) is 15.3.